The summed E-state index contributed by atoms with van der Waals surface area (Å²) in [7, 11) is 0. The Morgan fingerprint density at radius 1 is 1.50 bits per heavy atom. The molecule has 0 fully saturated rings. The zero-order valence-electron chi connectivity index (χ0n) is 6.00. The Hall–Kier alpha value is -1.29. The summed E-state index contributed by atoms with van der Waals surface area (Å²) in [6.07, 6.45) is -1.33. The molecule has 1 aromatic rings. The molecule has 0 saturated carbocycles. The van der Waals surface area contributed by atoms with E-state index < -0.39 is 6.09 Å². The van der Waals surface area contributed by atoms with E-state index in [2.05, 4.69) is 5.73 Å². The van der Waals surface area contributed by atoms with Gasteiger partial charge in [-0.3, -0.25) is 0 Å². The van der Waals surface area contributed by atoms with E-state index in [1.807, 2.05) is 0 Å². The molecule has 0 radical (unpaired) electrons. The molecule has 0 saturated heterocycles. The molecule has 1 amide bonds. The number of hydrogen-bond acceptors (Lipinski definition) is 1. The van der Waals surface area contributed by atoms with Gasteiger partial charge in [0.15, 0.2) is 0 Å². The number of halogens is 2. The van der Waals surface area contributed by atoms with E-state index in [-0.39, 0.29) is 10.8 Å². The van der Waals surface area contributed by atoms with E-state index in [4.69, 9.17) is 21.5 Å². The highest BCUT2D eigenvalue weighted by Crippen LogP contribution is 2.11. The van der Waals surface area contributed by atoms with Gasteiger partial charge in [0.2, 0.25) is 0 Å². The second-order valence-corrected chi connectivity index (χ2v) is 2.16. The van der Waals surface area contributed by atoms with Crippen LogP contribution in [0.2, 0.25) is 5.02 Å². The van der Waals surface area contributed by atoms with E-state index in [1.54, 1.807) is 12.1 Å². The highest BCUT2D eigenvalue weighted by molar-refractivity contribution is 6.30. The van der Waals surface area contributed by atoms with Crippen LogP contribution < -0.4 is 5.73 Å². The highest BCUT2D eigenvalue weighted by atomic mass is 35.5. The van der Waals surface area contributed by atoms with Crippen LogP contribution in [0.4, 0.5) is 9.18 Å². The normalized spacial score (nSPS) is 8.17. The zero-order chi connectivity index (χ0) is 9.56. The molecule has 0 spiro atoms. The summed E-state index contributed by atoms with van der Waals surface area (Å²) in [6, 6.07) is 6.12. The summed E-state index contributed by atoms with van der Waals surface area (Å²) in [4.78, 5) is 8.78. The van der Waals surface area contributed by atoms with Crippen LogP contribution in [0.15, 0.2) is 24.3 Å². The molecule has 66 valence electrons. The quantitative estimate of drug-likeness (QED) is 0.660. The number of rotatable bonds is 0. The summed E-state index contributed by atoms with van der Waals surface area (Å²) in [5, 5.41) is 7.37. The van der Waals surface area contributed by atoms with Crippen molar-refractivity contribution in [2.24, 2.45) is 5.73 Å². The Kier molecular flexibility index (Phi) is 4.79. The minimum absolute atomic E-state index is 0.174. The summed E-state index contributed by atoms with van der Waals surface area (Å²) >= 11 is 5.33. The molecule has 12 heavy (non-hydrogen) atoms. The van der Waals surface area contributed by atoms with Gasteiger partial charge < -0.3 is 10.8 Å². The lowest BCUT2D eigenvalue weighted by Gasteiger charge is -1.86. The number of primary amides is 1. The average Bonchev–Trinajstić information content (AvgIpc) is 1.94. The van der Waals surface area contributed by atoms with Crippen molar-refractivity contribution in [2.45, 2.75) is 0 Å². The van der Waals surface area contributed by atoms with Crippen LogP contribution >= 0.6 is 11.6 Å². The number of hydrogen-bond donors (Lipinski definition) is 2. The third-order valence-electron chi connectivity index (χ3n) is 0.824. The predicted octanol–water partition coefficient (Wildman–Crippen LogP) is 2.10. The Labute approximate surface area is 73.6 Å². The Morgan fingerprint density at radius 3 is 2.17 bits per heavy atom. The van der Waals surface area contributed by atoms with Crippen LogP contribution in [-0.2, 0) is 0 Å². The molecule has 0 aliphatic carbocycles. The molecule has 0 heterocycles. The van der Waals surface area contributed by atoms with E-state index in [9.17, 15) is 4.39 Å². The highest BCUT2D eigenvalue weighted by Gasteiger charge is 1.91. The molecule has 1 rings (SSSR count). The summed E-state index contributed by atoms with van der Waals surface area (Å²) < 4.78 is 12.2. The fourth-order valence-electron chi connectivity index (χ4n) is 0.439. The third kappa shape index (κ3) is 5.49. The SMILES string of the molecule is Fc1ccccc1Cl.NC(=O)O. The minimum atomic E-state index is -1.33. The number of carbonyl (C=O) groups is 1. The van der Waals surface area contributed by atoms with Crippen LogP contribution in [0.1, 0.15) is 0 Å². The van der Waals surface area contributed by atoms with Crippen molar-refractivity contribution in [1.29, 1.82) is 0 Å². The maximum Gasteiger partial charge on any atom is 0.402 e. The first-order chi connectivity index (χ1) is 5.54. The molecule has 0 aliphatic heterocycles. The van der Waals surface area contributed by atoms with Gasteiger partial charge in [0, 0.05) is 0 Å². The van der Waals surface area contributed by atoms with Crippen molar-refractivity contribution >= 4 is 17.7 Å². The van der Waals surface area contributed by atoms with Gasteiger partial charge in [0.25, 0.3) is 0 Å². The molecule has 3 N–H and O–H groups in total. The molecule has 0 atom stereocenters. The first-order valence-corrected chi connectivity index (χ1v) is 3.30. The minimum Gasteiger partial charge on any atom is -0.465 e. The van der Waals surface area contributed by atoms with Crippen molar-refractivity contribution < 1.29 is 14.3 Å². The van der Waals surface area contributed by atoms with Crippen LogP contribution in [0.3, 0.4) is 0 Å². The Bertz CT molecular complexity index is 242. The van der Waals surface area contributed by atoms with Gasteiger partial charge in [0.1, 0.15) is 5.82 Å². The molecular weight excluding hydrogens is 185 g/mol. The van der Waals surface area contributed by atoms with Crippen molar-refractivity contribution in [2.75, 3.05) is 0 Å². The van der Waals surface area contributed by atoms with Crippen LogP contribution in [0.5, 0.6) is 0 Å². The number of amides is 1. The summed E-state index contributed by atoms with van der Waals surface area (Å²) in [5.74, 6) is -0.367. The molecule has 3 nitrogen and oxygen atoms in total. The molecule has 0 aliphatic rings. The van der Waals surface area contributed by atoms with E-state index in [0.717, 1.165) is 0 Å². The van der Waals surface area contributed by atoms with Gasteiger partial charge in [-0.15, -0.1) is 0 Å². The number of benzene rings is 1. The fourth-order valence-corrected chi connectivity index (χ4v) is 0.575. The van der Waals surface area contributed by atoms with Crippen molar-refractivity contribution in [3.05, 3.63) is 35.1 Å². The number of nitrogens with two attached hydrogens (primary N) is 1. The monoisotopic (exact) mass is 191 g/mol. The van der Waals surface area contributed by atoms with Gasteiger partial charge in [-0.2, -0.15) is 0 Å². The largest absolute Gasteiger partial charge is 0.465 e. The lowest BCUT2D eigenvalue weighted by molar-refractivity contribution is 0.205. The molecule has 5 heteroatoms. The molecule has 0 aromatic heterocycles. The summed E-state index contributed by atoms with van der Waals surface area (Å²) in [6.45, 7) is 0. The third-order valence-corrected chi connectivity index (χ3v) is 1.13. The second-order valence-electron chi connectivity index (χ2n) is 1.75. The molecule has 0 bridgehead atoms. The fraction of sp³-hybridized carbons (Fsp3) is 0. The molecule has 0 unspecified atom stereocenters. The zero-order valence-corrected chi connectivity index (χ0v) is 6.75. The van der Waals surface area contributed by atoms with E-state index in [1.165, 1.54) is 12.1 Å². The molecule has 1 aromatic carbocycles. The average molecular weight is 192 g/mol. The molecular formula is C7H7ClFNO2. The first kappa shape index (κ1) is 10.7. The predicted molar refractivity (Wildman–Crippen MR) is 43.6 cm³/mol. The van der Waals surface area contributed by atoms with Gasteiger partial charge in [-0.1, -0.05) is 23.7 Å². The van der Waals surface area contributed by atoms with Gasteiger partial charge in [-0.05, 0) is 12.1 Å². The van der Waals surface area contributed by atoms with Crippen molar-refractivity contribution in [3.63, 3.8) is 0 Å². The van der Waals surface area contributed by atoms with Crippen molar-refractivity contribution in [1.82, 2.24) is 0 Å². The standard InChI is InChI=1S/C6H4ClF.CH3NO2/c7-5-3-1-2-4-6(5)8;2-1(3)4/h1-4H;2H2,(H,3,4). The Morgan fingerprint density at radius 2 is 1.92 bits per heavy atom. The maximum atomic E-state index is 12.2. The first-order valence-electron chi connectivity index (χ1n) is 2.92. The maximum absolute atomic E-state index is 12.2. The van der Waals surface area contributed by atoms with Crippen LogP contribution in [0, 0.1) is 5.82 Å². The van der Waals surface area contributed by atoms with Gasteiger partial charge in [0.05, 0.1) is 5.02 Å². The van der Waals surface area contributed by atoms with Crippen LogP contribution in [-0.4, -0.2) is 11.2 Å². The van der Waals surface area contributed by atoms with E-state index >= 15 is 0 Å². The lowest BCUT2D eigenvalue weighted by Crippen LogP contribution is -2.03. The van der Waals surface area contributed by atoms with Crippen molar-refractivity contribution in [3.8, 4) is 0 Å². The smallest absolute Gasteiger partial charge is 0.402 e. The van der Waals surface area contributed by atoms with E-state index in [0.29, 0.717) is 0 Å². The number of carboxylic acid groups (broad SMARTS) is 1. The topological polar surface area (TPSA) is 63.3 Å². The van der Waals surface area contributed by atoms with Crippen LogP contribution in [0.25, 0.3) is 0 Å². The lowest BCUT2D eigenvalue weighted by atomic mass is 10.4. The Balaban J connectivity index is 0.000000261. The van der Waals surface area contributed by atoms with Gasteiger partial charge >= 0.3 is 6.09 Å². The second kappa shape index (κ2) is 5.37. The summed E-state index contributed by atoms with van der Waals surface area (Å²) in [5.41, 5.74) is 4.03. The van der Waals surface area contributed by atoms with Gasteiger partial charge in [-0.25, -0.2) is 9.18 Å².